The maximum Gasteiger partial charge on any atom is 0.269 e. The molecule has 0 spiro atoms. The van der Waals surface area contributed by atoms with Crippen LogP contribution in [0.4, 0.5) is 5.69 Å². The van der Waals surface area contributed by atoms with Gasteiger partial charge in [-0.1, -0.05) is 0 Å². The van der Waals surface area contributed by atoms with Crippen molar-refractivity contribution in [1.29, 1.82) is 0 Å². The van der Waals surface area contributed by atoms with Gasteiger partial charge in [0.1, 0.15) is 5.84 Å². The second-order valence-electron chi connectivity index (χ2n) is 2.41. The average Bonchev–Trinajstić information content (AvgIpc) is 2.17. The molecule has 0 aliphatic heterocycles. The first kappa shape index (κ1) is 12.4. The summed E-state index contributed by atoms with van der Waals surface area (Å²) in [4.78, 5) is 13.6. The third kappa shape index (κ3) is 2.70. The molecule has 1 aromatic rings. The Hall–Kier alpha value is -1.62. The van der Waals surface area contributed by atoms with E-state index in [2.05, 4.69) is 4.99 Å². The molecule has 0 amide bonds. The summed E-state index contributed by atoms with van der Waals surface area (Å²) < 4.78 is 0. The van der Waals surface area contributed by atoms with E-state index in [9.17, 15) is 10.1 Å². The second-order valence-corrected chi connectivity index (χ2v) is 2.41. The second kappa shape index (κ2) is 5.18. The van der Waals surface area contributed by atoms with Crippen LogP contribution < -0.4 is 5.73 Å². The normalized spacial score (nSPS) is 10.5. The molecule has 0 bridgehead atoms. The summed E-state index contributed by atoms with van der Waals surface area (Å²) in [6, 6.07) is 5.93. The number of hydrogen-bond donors (Lipinski definition) is 1. The van der Waals surface area contributed by atoms with Gasteiger partial charge in [0.05, 0.1) is 4.92 Å². The van der Waals surface area contributed by atoms with E-state index in [1.54, 1.807) is 19.2 Å². The van der Waals surface area contributed by atoms with Crippen molar-refractivity contribution < 1.29 is 4.92 Å². The number of nitro groups is 1. The molecule has 0 aromatic heterocycles. The van der Waals surface area contributed by atoms with Crippen molar-refractivity contribution in [3.8, 4) is 0 Å². The fourth-order valence-electron chi connectivity index (χ4n) is 0.883. The Bertz CT molecular complexity index is 348. The number of amidine groups is 1. The van der Waals surface area contributed by atoms with Crippen molar-refractivity contribution in [2.45, 2.75) is 0 Å². The van der Waals surface area contributed by atoms with E-state index in [4.69, 9.17) is 5.73 Å². The van der Waals surface area contributed by atoms with Gasteiger partial charge in [0.25, 0.3) is 5.69 Å². The van der Waals surface area contributed by atoms with E-state index in [1.165, 1.54) is 12.1 Å². The molecule has 6 heteroatoms. The smallest absolute Gasteiger partial charge is 0.269 e. The molecule has 14 heavy (non-hydrogen) atoms. The largest absolute Gasteiger partial charge is 0.384 e. The van der Waals surface area contributed by atoms with Crippen LogP contribution in [0.5, 0.6) is 0 Å². The highest BCUT2D eigenvalue weighted by molar-refractivity contribution is 5.97. The third-order valence-corrected chi connectivity index (χ3v) is 1.61. The molecule has 1 aromatic carbocycles. The Morgan fingerprint density at radius 2 is 1.93 bits per heavy atom. The first-order valence-electron chi connectivity index (χ1n) is 3.62. The minimum Gasteiger partial charge on any atom is -0.384 e. The Labute approximate surface area is 87.2 Å². The molecule has 0 saturated carbocycles. The topological polar surface area (TPSA) is 81.5 Å². The molecular weight excluding hydrogens is 206 g/mol. The lowest BCUT2D eigenvalue weighted by atomic mass is 10.2. The van der Waals surface area contributed by atoms with Gasteiger partial charge in [-0.2, -0.15) is 0 Å². The first-order chi connectivity index (χ1) is 6.15. The van der Waals surface area contributed by atoms with Crippen LogP contribution in [0, 0.1) is 10.1 Å². The van der Waals surface area contributed by atoms with Crippen molar-refractivity contribution in [2.24, 2.45) is 10.7 Å². The fraction of sp³-hybridized carbons (Fsp3) is 0.125. The minimum atomic E-state index is -0.455. The number of aliphatic imine (C=N–C) groups is 1. The zero-order valence-corrected chi connectivity index (χ0v) is 8.32. The Balaban J connectivity index is 0.00000169. The molecule has 1 rings (SSSR count). The van der Waals surface area contributed by atoms with Gasteiger partial charge < -0.3 is 5.73 Å². The lowest BCUT2D eigenvalue weighted by Crippen LogP contribution is -2.12. The highest BCUT2D eigenvalue weighted by Gasteiger charge is 2.04. The average molecular weight is 216 g/mol. The number of nitrogens with two attached hydrogens (primary N) is 1. The maximum absolute atomic E-state index is 10.3. The van der Waals surface area contributed by atoms with Gasteiger partial charge in [-0.25, -0.2) is 0 Å². The summed E-state index contributed by atoms with van der Waals surface area (Å²) in [6.07, 6.45) is 0. The van der Waals surface area contributed by atoms with Crippen LogP contribution in [0.3, 0.4) is 0 Å². The monoisotopic (exact) mass is 215 g/mol. The molecule has 2 N–H and O–H groups in total. The molecule has 76 valence electrons. The summed E-state index contributed by atoms with van der Waals surface area (Å²) >= 11 is 0. The molecule has 0 fully saturated rings. The summed E-state index contributed by atoms with van der Waals surface area (Å²) in [6.45, 7) is 0. The zero-order chi connectivity index (χ0) is 9.84. The van der Waals surface area contributed by atoms with Crippen LogP contribution in [0.15, 0.2) is 29.3 Å². The van der Waals surface area contributed by atoms with Crippen molar-refractivity contribution >= 4 is 23.9 Å². The molecule has 0 aliphatic rings. The lowest BCUT2D eigenvalue weighted by Gasteiger charge is -1.97. The van der Waals surface area contributed by atoms with Gasteiger partial charge in [-0.05, 0) is 12.1 Å². The molecule has 0 unspecified atom stereocenters. The van der Waals surface area contributed by atoms with E-state index >= 15 is 0 Å². The number of halogens is 1. The van der Waals surface area contributed by atoms with Crippen LogP contribution in [-0.2, 0) is 0 Å². The molecular formula is C8H10ClN3O2. The van der Waals surface area contributed by atoms with Crippen molar-refractivity contribution in [1.82, 2.24) is 0 Å². The Morgan fingerprint density at radius 1 is 1.43 bits per heavy atom. The van der Waals surface area contributed by atoms with E-state index in [0.717, 1.165) is 0 Å². The van der Waals surface area contributed by atoms with Crippen molar-refractivity contribution in [3.63, 3.8) is 0 Å². The minimum absolute atomic E-state index is 0. The van der Waals surface area contributed by atoms with Crippen LogP contribution in [0.1, 0.15) is 5.56 Å². The predicted molar refractivity (Wildman–Crippen MR) is 57.0 cm³/mol. The van der Waals surface area contributed by atoms with Gasteiger partial charge in [0.15, 0.2) is 0 Å². The molecule has 0 heterocycles. The SMILES string of the molecule is CN=C(N)c1ccc([N+](=O)[O-])cc1.Cl. The molecule has 0 saturated heterocycles. The number of benzene rings is 1. The van der Waals surface area contributed by atoms with E-state index in [-0.39, 0.29) is 18.1 Å². The van der Waals surface area contributed by atoms with E-state index < -0.39 is 4.92 Å². The van der Waals surface area contributed by atoms with Crippen LogP contribution in [0.2, 0.25) is 0 Å². The predicted octanol–water partition coefficient (Wildman–Crippen LogP) is 1.35. The number of nitro benzene ring substituents is 1. The van der Waals surface area contributed by atoms with Gasteiger partial charge >= 0.3 is 0 Å². The molecule has 5 nitrogen and oxygen atoms in total. The van der Waals surface area contributed by atoms with E-state index in [0.29, 0.717) is 11.4 Å². The highest BCUT2D eigenvalue weighted by Crippen LogP contribution is 2.11. The summed E-state index contributed by atoms with van der Waals surface area (Å²) in [7, 11) is 1.57. The highest BCUT2D eigenvalue weighted by atomic mass is 35.5. The van der Waals surface area contributed by atoms with Crippen molar-refractivity contribution in [3.05, 3.63) is 39.9 Å². The summed E-state index contributed by atoms with van der Waals surface area (Å²) in [5, 5.41) is 10.3. The fourth-order valence-corrected chi connectivity index (χ4v) is 0.883. The van der Waals surface area contributed by atoms with Crippen LogP contribution >= 0.6 is 12.4 Å². The number of hydrogen-bond acceptors (Lipinski definition) is 3. The number of nitrogens with zero attached hydrogens (tertiary/aromatic N) is 2. The molecule has 0 aliphatic carbocycles. The van der Waals surface area contributed by atoms with Gasteiger partial charge in [-0.3, -0.25) is 15.1 Å². The Kier molecular flexibility index (Phi) is 4.58. The zero-order valence-electron chi connectivity index (χ0n) is 7.51. The van der Waals surface area contributed by atoms with Gasteiger partial charge in [-0.15, -0.1) is 12.4 Å². The quantitative estimate of drug-likeness (QED) is 0.350. The van der Waals surface area contributed by atoms with Gasteiger partial charge in [0.2, 0.25) is 0 Å². The third-order valence-electron chi connectivity index (χ3n) is 1.61. The number of non-ortho nitro benzene ring substituents is 1. The Morgan fingerprint density at radius 3 is 2.29 bits per heavy atom. The van der Waals surface area contributed by atoms with Gasteiger partial charge in [0, 0.05) is 24.7 Å². The molecule has 0 atom stereocenters. The maximum atomic E-state index is 10.3. The summed E-state index contributed by atoms with van der Waals surface area (Å²) in [5.74, 6) is 0.370. The van der Waals surface area contributed by atoms with Crippen LogP contribution in [-0.4, -0.2) is 17.8 Å². The lowest BCUT2D eigenvalue weighted by molar-refractivity contribution is -0.384. The standard InChI is InChI=1S/C8H9N3O2.ClH/c1-10-8(9)6-2-4-7(5-3-6)11(12)13;/h2-5H,1H3,(H2,9,10);1H. The first-order valence-corrected chi connectivity index (χ1v) is 3.62. The van der Waals surface area contributed by atoms with E-state index in [1.807, 2.05) is 0 Å². The van der Waals surface area contributed by atoms with Crippen molar-refractivity contribution in [2.75, 3.05) is 7.05 Å². The van der Waals surface area contributed by atoms with Crippen LogP contribution in [0.25, 0.3) is 0 Å². The summed E-state index contributed by atoms with van der Waals surface area (Å²) in [5.41, 5.74) is 6.24. The number of rotatable bonds is 2. The molecule has 0 radical (unpaired) electrons.